The zero-order valence-corrected chi connectivity index (χ0v) is 18.4. The Bertz CT molecular complexity index is 1350. The fraction of sp³-hybridized carbons (Fsp3) is 0.174. The number of nitro groups is 1. The maximum atomic E-state index is 13.2. The van der Waals surface area contributed by atoms with Crippen molar-refractivity contribution in [1.82, 2.24) is 0 Å². The van der Waals surface area contributed by atoms with E-state index in [1.54, 1.807) is 19.1 Å². The average molecular weight is 451 g/mol. The number of non-ortho nitro benzene ring substituents is 1. The van der Waals surface area contributed by atoms with E-state index in [9.17, 15) is 18.5 Å². The molecule has 164 valence electrons. The van der Waals surface area contributed by atoms with E-state index >= 15 is 0 Å². The molecule has 3 aromatic carbocycles. The van der Waals surface area contributed by atoms with Crippen molar-refractivity contribution >= 4 is 32.8 Å². The summed E-state index contributed by atoms with van der Waals surface area (Å²) in [5.74, 6) is 0. The molecule has 0 atom stereocenters. The number of hydrogen-bond donors (Lipinski definition) is 2. The summed E-state index contributed by atoms with van der Waals surface area (Å²) in [6.45, 7) is 3.70. The van der Waals surface area contributed by atoms with Crippen molar-refractivity contribution in [2.75, 3.05) is 10.1 Å². The Hall–Kier alpha value is -3.72. The van der Waals surface area contributed by atoms with Gasteiger partial charge in [0.2, 0.25) is 0 Å². The van der Waals surface area contributed by atoms with Crippen LogP contribution in [-0.4, -0.2) is 19.1 Å². The molecule has 2 N–H and O–H groups in total. The van der Waals surface area contributed by atoms with Crippen LogP contribution in [0.2, 0.25) is 0 Å². The molecule has 0 amide bonds. The molecule has 3 aromatic rings. The van der Waals surface area contributed by atoms with Crippen molar-refractivity contribution in [2.45, 2.75) is 31.6 Å². The Balaban J connectivity index is 1.71. The van der Waals surface area contributed by atoms with E-state index in [4.69, 9.17) is 0 Å². The SMILES string of the molecule is Cc1ccc(NS(=O)(=O)c2cc([N+](=O)[O-])ccc2NN=C2CCc3ccccc32)c(C)c1. The highest BCUT2D eigenvalue weighted by Crippen LogP contribution is 2.30. The van der Waals surface area contributed by atoms with Crippen molar-refractivity contribution in [3.63, 3.8) is 0 Å². The molecule has 1 aliphatic carbocycles. The molecule has 8 nitrogen and oxygen atoms in total. The fourth-order valence-corrected chi connectivity index (χ4v) is 5.03. The summed E-state index contributed by atoms with van der Waals surface area (Å²) in [6, 6.07) is 16.9. The van der Waals surface area contributed by atoms with Gasteiger partial charge in [0.15, 0.2) is 0 Å². The largest absolute Gasteiger partial charge is 0.279 e. The molecular weight excluding hydrogens is 428 g/mol. The Morgan fingerprint density at radius 3 is 2.47 bits per heavy atom. The summed E-state index contributed by atoms with van der Waals surface area (Å²) >= 11 is 0. The van der Waals surface area contributed by atoms with Crippen LogP contribution in [0.3, 0.4) is 0 Å². The second-order valence-corrected chi connectivity index (χ2v) is 9.34. The number of nitrogens with one attached hydrogen (secondary N) is 2. The number of benzene rings is 3. The fourth-order valence-electron chi connectivity index (χ4n) is 3.72. The summed E-state index contributed by atoms with van der Waals surface area (Å²) in [6.07, 6.45) is 1.58. The van der Waals surface area contributed by atoms with E-state index in [1.165, 1.54) is 17.7 Å². The van der Waals surface area contributed by atoms with Crippen LogP contribution in [0.5, 0.6) is 0 Å². The second kappa shape index (κ2) is 8.43. The molecule has 4 rings (SSSR count). The molecule has 9 heteroatoms. The van der Waals surface area contributed by atoms with Crippen LogP contribution in [0.4, 0.5) is 17.1 Å². The van der Waals surface area contributed by atoms with E-state index in [-0.39, 0.29) is 16.3 Å². The van der Waals surface area contributed by atoms with Crippen LogP contribution in [0.1, 0.15) is 28.7 Å². The average Bonchev–Trinajstić information content (AvgIpc) is 3.17. The Kier molecular flexibility index (Phi) is 5.67. The van der Waals surface area contributed by atoms with Crippen molar-refractivity contribution in [3.05, 3.63) is 93.0 Å². The summed E-state index contributed by atoms with van der Waals surface area (Å²) in [4.78, 5) is 10.4. The van der Waals surface area contributed by atoms with Gasteiger partial charge in [-0.15, -0.1) is 0 Å². The highest BCUT2D eigenvalue weighted by molar-refractivity contribution is 7.92. The van der Waals surface area contributed by atoms with E-state index in [0.29, 0.717) is 5.69 Å². The van der Waals surface area contributed by atoms with Gasteiger partial charge in [0.1, 0.15) is 4.90 Å². The third-order valence-electron chi connectivity index (χ3n) is 5.36. The molecule has 1 aliphatic rings. The van der Waals surface area contributed by atoms with Crippen LogP contribution in [0, 0.1) is 24.0 Å². The third kappa shape index (κ3) is 4.33. The summed E-state index contributed by atoms with van der Waals surface area (Å²) in [7, 11) is -4.13. The van der Waals surface area contributed by atoms with Gasteiger partial charge in [0.05, 0.1) is 22.0 Å². The Labute approximate surface area is 186 Å². The van der Waals surface area contributed by atoms with Gasteiger partial charge in [0, 0.05) is 17.7 Å². The monoisotopic (exact) mass is 450 g/mol. The normalized spacial score (nSPS) is 14.2. The van der Waals surface area contributed by atoms with Gasteiger partial charge in [0.25, 0.3) is 15.7 Å². The summed E-state index contributed by atoms with van der Waals surface area (Å²) in [5.41, 5.74) is 7.81. The lowest BCUT2D eigenvalue weighted by molar-refractivity contribution is -0.385. The van der Waals surface area contributed by atoms with Gasteiger partial charge in [-0.3, -0.25) is 20.3 Å². The number of anilines is 2. The topological polar surface area (TPSA) is 114 Å². The van der Waals surface area contributed by atoms with Gasteiger partial charge < -0.3 is 0 Å². The third-order valence-corrected chi connectivity index (χ3v) is 6.77. The van der Waals surface area contributed by atoms with Crippen molar-refractivity contribution in [3.8, 4) is 0 Å². The number of sulfonamides is 1. The smallest absolute Gasteiger partial charge is 0.270 e. The molecule has 0 radical (unpaired) electrons. The molecule has 0 aliphatic heterocycles. The lowest BCUT2D eigenvalue weighted by Gasteiger charge is -2.14. The van der Waals surface area contributed by atoms with Gasteiger partial charge in [-0.2, -0.15) is 5.10 Å². The van der Waals surface area contributed by atoms with E-state index in [2.05, 4.69) is 15.2 Å². The number of fused-ring (bicyclic) bond motifs is 1. The molecule has 0 heterocycles. The molecule has 0 spiro atoms. The van der Waals surface area contributed by atoms with Crippen molar-refractivity contribution in [2.24, 2.45) is 5.10 Å². The highest BCUT2D eigenvalue weighted by atomic mass is 32.2. The van der Waals surface area contributed by atoms with Gasteiger partial charge in [-0.25, -0.2) is 8.42 Å². The first kappa shape index (κ1) is 21.5. The molecule has 0 aromatic heterocycles. The van der Waals surface area contributed by atoms with E-state index < -0.39 is 14.9 Å². The maximum Gasteiger partial charge on any atom is 0.270 e. The van der Waals surface area contributed by atoms with E-state index in [1.807, 2.05) is 37.3 Å². The first-order valence-corrected chi connectivity index (χ1v) is 11.5. The summed E-state index contributed by atoms with van der Waals surface area (Å²) < 4.78 is 29.0. The van der Waals surface area contributed by atoms with Crippen LogP contribution >= 0.6 is 0 Å². The molecule has 0 saturated heterocycles. The minimum absolute atomic E-state index is 0.157. The highest BCUT2D eigenvalue weighted by Gasteiger charge is 2.24. The minimum Gasteiger partial charge on any atom is -0.279 e. The number of aryl methyl sites for hydroxylation is 3. The first-order valence-electron chi connectivity index (χ1n) is 10.0. The Morgan fingerprint density at radius 1 is 0.969 bits per heavy atom. The number of hydrazone groups is 1. The number of rotatable bonds is 6. The standard InChI is InChI=1S/C23H22N4O4S/c1-15-7-10-20(16(2)13-15)26-32(30,31)23-14-18(27(28)29)9-12-22(23)25-24-21-11-8-17-5-3-4-6-19(17)21/h3-7,9-10,12-14,25-26H,8,11H2,1-2H3. The lowest BCUT2D eigenvalue weighted by atomic mass is 10.1. The maximum absolute atomic E-state index is 13.2. The van der Waals surface area contributed by atoms with Gasteiger partial charge in [-0.05, 0) is 49.9 Å². The zero-order chi connectivity index (χ0) is 22.9. The van der Waals surface area contributed by atoms with Crippen molar-refractivity contribution < 1.29 is 13.3 Å². The molecule has 32 heavy (non-hydrogen) atoms. The quantitative estimate of drug-likeness (QED) is 0.415. The van der Waals surface area contributed by atoms with Crippen LogP contribution < -0.4 is 10.1 Å². The molecule has 0 unspecified atom stereocenters. The minimum atomic E-state index is -4.13. The Morgan fingerprint density at radius 2 is 1.72 bits per heavy atom. The predicted octanol–water partition coefficient (Wildman–Crippen LogP) is 4.77. The number of hydrogen-bond acceptors (Lipinski definition) is 6. The van der Waals surface area contributed by atoms with Gasteiger partial charge in [-0.1, -0.05) is 42.0 Å². The number of nitrogens with zero attached hydrogens (tertiary/aromatic N) is 2. The van der Waals surface area contributed by atoms with Gasteiger partial charge >= 0.3 is 0 Å². The first-order chi connectivity index (χ1) is 15.2. The van der Waals surface area contributed by atoms with E-state index in [0.717, 1.165) is 41.3 Å². The number of nitro benzene ring substituents is 1. The summed E-state index contributed by atoms with van der Waals surface area (Å²) in [5, 5.41) is 15.7. The molecule has 0 fully saturated rings. The molecule has 0 saturated carbocycles. The molecular formula is C23H22N4O4S. The van der Waals surface area contributed by atoms with Crippen LogP contribution in [0.25, 0.3) is 0 Å². The zero-order valence-electron chi connectivity index (χ0n) is 17.6. The predicted molar refractivity (Wildman–Crippen MR) is 125 cm³/mol. The second-order valence-electron chi connectivity index (χ2n) is 7.69. The van der Waals surface area contributed by atoms with Crippen LogP contribution in [0.15, 0.2) is 70.7 Å². The van der Waals surface area contributed by atoms with Crippen molar-refractivity contribution in [1.29, 1.82) is 0 Å². The van der Waals surface area contributed by atoms with Crippen LogP contribution in [-0.2, 0) is 16.4 Å². The lowest BCUT2D eigenvalue weighted by Crippen LogP contribution is -2.16. The molecule has 0 bridgehead atoms.